The first-order chi connectivity index (χ1) is 7.86. The van der Waals surface area contributed by atoms with Crippen molar-refractivity contribution in [2.75, 3.05) is 25.4 Å². The lowest BCUT2D eigenvalue weighted by atomic mass is 10.1. The van der Waals surface area contributed by atoms with Gasteiger partial charge < -0.3 is 9.84 Å². The molecule has 0 saturated carbocycles. The van der Waals surface area contributed by atoms with Crippen LogP contribution in [0.25, 0.3) is 0 Å². The van der Waals surface area contributed by atoms with Crippen molar-refractivity contribution in [1.29, 1.82) is 0 Å². The van der Waals surface area contributed by atoms with E-state index < -0.39 is 33.6 Å². The molecule has 0 radical (unpaired) electrons. The van der Waals surface area contributed by atoms with Crippen LogP contribution >= 0.6 is 0 Å². The normalized spacial score (nSPS) is 21.4. The van der Waals surface area contributed by atoms with E-state index in [0.717, 1.165) is 4.31 Å². The van der Waals surface area contributed by atoms with Gasteiger partial charge in [-0.15, -0.1) is 0 Å². The van der Waals surface area contributed by atoms with Crippen LogP contribution in [0, 0.1) is 5.92 Å². The summed E-state index contributed by atoms with van der Waals surface area (Å²) in [5.74, 6) is -3.25. The minimum absolute atomic E-state index is 0.0723. The summed E-state index contributed by atoms with van der Waals surface area (Å²) in [7, 11) is -3.75. The number of hydrogen-bond acceptors (Lipinski definition) is 5. The summed E-state index contributed by atoms with van der Waals surface area (Å²) in [5.41, 5.74) is 0. The predicted octanol–water partition coefficient (Wildman–Crippen LogP) is -0.714. The lowest BCUT2D eigenvalue weighted by Crippen LogP contribution is -2.35. The van der Waals surface area contributed by atoms with Crippen LogP contribution in [-0.2, 0) is 24.3 Å². The maximum Gasteiger partial charge on any atom is 0.322 e. The third-order valence-electron chi connectivity index (χ3n) is 2.50. The molecule has 1 atom stereocenters. The molecule has 0 aromatic carbocycles. The number of carbonyl (C=O) groups excluding carboxylic acids is 1. The van der Waals surface area contributed by atoms with Crippen LogP contribution in [0.2, 0.25) is 0 Å². The molecule has 1 rings (SSSR count). The Labute approximate surface area is 99.4 Å². The molecule has 98 valence electrons. The lowest BCUT2D eigenvalue weighted by Gasteiger charge is -2.14. The second-order valence-corrected chi connectivity index (χ2v) is 5.71. The van der Waals surface area contributed by atoms with Gasteiger partial charge in [0, 0.05) is 13.1 Å². The van der Waals surface area contributed by atoms with Crippen molar-refractivity contribution < 1.29 is 27.9 Å². The van der Waals surface area contributed by atoms with Crippen molar-refractivity contribution in [3.05, 3.63) is 0 Å². The van der Waals surface area contributed by atoms with E-state index in [-0.39, 0.29) is 26.1 Å². The number of carboxylic acids is 1. The summed E-state index contributed by atoms with van der Waals surface area (Å²) in [6, 6.07) is 0. The summed E-state index contributed by atoms with van der Waals surface area (Å²) in [6.45, 7) is 1.77. The van der Waals surface area contributed by atoms with Crippen molar-refractivity contribution in [3.63, 3.8) is 0 Å². The molecule has 0 aliphatic carbocycles. The largest absolute Gasteiger partial charge is 0.481 e. The molecule has 1 aliphatic rings. The van der Waals surface area contributed by atoms with Crippen LogP contribution in [0.3, 0.4) is 0 Å². The summed E-state index contributed by atoms with van der Waals surface area (Å²) in [5, 5.41) is 8.75. The molecule has 0 amide bonds. The fraction of sp³-hybridized carbons (Fsp3) is 0.778. The van der Waals surface area contributed by atoms with Crippen LogP contribution in [0.4, 0.5) is 0 Å². The third kappa shape index (κ3) is 3.67. The second-order valence-electron chi connectivity index (χ2n) is 3.74. The van der Waals surface area contributed by atoms with Gasteiger partial charge in [0.05, 0.1) is 12.5 Å². The Morgan fingerprint density at radius 1 is 1.47 bits per heavy atom. The maximum absolute atomic E-state index is 11.7. The van der Waals surface area contributed by atoms with Crippen molar-refractivity contribution in [1.82, 2.24) is 4.31 Å². The number of sulfonamides is 1. The molecular formula is C9H15NO6S. The SMILES string of the molecule is CCOC(=O)CS(=O)(=O)N1CCC(C(=O)O)C1. The van der Waals surface area contributed by atoms with Gasteiger partial charge in [-0.05, 0) is 13.3 Å². The molecule has 0 bridgehead atoms. The van der Waals surface area contributed by atoms with E-state index in [4.69, 9.17) is 5.11 Å². The van der Waals surface area contributed by atoms with Crippen molar-refractivity contribution in [2.24, 2.45) is 5.92 Å². The van der Waals surface area contributed by atoms with Crippen LogP contribution in [0.1, 0.15) is 13.3 Å². The van der Waals surface area contributed by atoms with Gasteiger partial charge in [0.1, 0.15) is 0 Å². The van der Waals surface area contributed by atoms with Crippen molar-refractivity contribution in [3.8, 4) is 0 Å². The van der Waals surface area contributed by atoms with Gasteiger partial charge in [0.2, 0.25) is 10.0 Å². The average Bonchev–Trinajstić information content (AvgIpc) is 2.65. The fourth-order valence-corrected chi connectivity index (χ4v) is 2.98. The van der Waals surface area contributed by atoms with E-state index in [0.29, 0.717) is 0 Å². The van der Waals surface area contributed by atoms with E-state index in [2.05, 4.69) is 4.74 Å². The van der Waals surface area contributed by atoms with Gasteiger partial charge >= 0.3 is 11.9 Å². The van der Waals surface area contributed by atoms with Gasteiger partial charge in [0.15, 0.2) is 5.75 Å². The minimum Gasteiger partial charge on any atom is -0.481 e. The minimum atomic E-state index is -3.75. The Morgan fingerprint density at radius 2 is 2.12 bits per heavy atom. The summed E-state index contributed by atoms with van der Waals surface area (Å²) in [4.78, 5) is 21.8. The summed E-state index contributed by atoms with van der Waals surface area (Å²) in [6.07, 6.45) is 0.275. The highest BCUT2D eigenvalue weighted by Crippen LogP contribution is 2.19. The Hall–Kier alpha value is -1.15. The number of carbonyl (C=O) groups is 2. The van der Waals surface area contributed by atoms with Crippen molar-refractivity contribution >= 4 is 22.0 Å². The Morgan fingerprint density at radius 3 is 2.59 bits per heavy atom. The molecule has 1 fully saturated rings. The smallest absolute Gasteiger partial charge is 0.322 e. The van der Waals surface area contributed by atoms with Gasteiger partial charge in [0.25, 0.3) is 0 Å². The molecule has 0 spiro atoms. The zero-order valence-electron chi connectivity index (χ0n) is 9.46. The summed E-state index contributed by atoms with van der Waals surface area (Å²) >= 11 is 0. The fourth-order valence-electron chi connectivity index (χ4n) is 1.63. The van der Waals surface area contributed by atoms with E-state index in [1.54, 1.807) is 6.92 Å². The van der Waals surface area contributed by atoms with Gasteiger partial charge in [-0.25, -0.2) is 12.7 Å². The number of esters is 1. The molecular weight excluding hydrogens is 250 g/mol. The number of nitrogens with zero attached hydrogens (tertiary/aromatic N) is 1. The highest BCUT2D eigenvalue weighted by Gasteiger charge is 2.36. The van der Waals surface area contributed by atoms with Crippen LogP contribution < -0.4 is 0 Å². The highest BCUT2D eigenvalue weighted by atomic mass is 32.2. The number of hydrogen-bond donors (Lipinski definition) is 1. The van der Waals surface area contributed by atoms with E-state index in [1.807, 2.05) is 0 Å². The molecule has 8 heteroatoms. The van der Waals surface area contributed by atoms with E-state index >= 15 is 0 Å². The predicted molar refractivity (Wildman–Crippen MR) is 57.7 cm³/mol. The molecule has 0 aromatic heterocycles. The first-order valence-electron chi connectivity index (χ1n) is 5.23. The molecule has 1 saturated heterocycles. The first kappa shape index (κ1) is 13.9. The van der Waals surface area contributed by atoms with E-state index in [9.17, 15) is 18.0 Å². The molecule has 1 aliphatic heterocycles. The van der Waals surface area contributed by atoms with Gasteiger partial charge in [-0.2, -0.15) is 0 Å². The zero-order chi connectivity index (χ0) is 13.1. The van der Waals surface area contributed by atoms with Crippen LogP contribution in [-0.4, -0.2) is 55.2 Å². The number of rotatable bonds is 5. The molecule has 1 unspecified atom stereocenters. The molecule has 7 nitrogen and oxygen atoms in total. The van der Waals surface area contributed by atoms with E-state index in [1.165, 1.54) is 0 Å². The molecule has 0 aromatic rings. The zero-order valence-corrected chi connectivity index (χ0v) is 10.3. The van der Waals surface area contributed by atoms with Crippen molar-refractivity contribution in [2.45, 2.75) is 13.3 Å². The quantitative estimate of drug-likeness (QED) is 0.659. The average molecular weight is 265 g/mol. The second kappa shape index (κ2) is 5.46. The Kier molecular flexibility index (Phi) is 4.47. The van der Waals surface area contributed by atoms with Crippen LogP contribution in [0.5, 0.6) is 0 Å². The Balaban J connectivity index is 2.61. The van der Waals surface area contributed by atoms with Gasteiger partial charge in [-0.1, -0.05) is 0 Å². The first-order valence-corrected chi connectivity index (χ1v) is 6.84. The summed E-state index contributed by atoms with van der Waals surface area (Å²) < 4.78 is 29.0. The number of carboxylic acid groups (broad SMARTS) is 1. The highest BCUT2D eigenvalue weighted by molar-refractivity contribution is 7.89. The molecule has 1 N–H and O–H groups in total. The number of ether oxygens (including phenoxy) is 1. The lowest BCUT2D eigenvalue weighted by molar-refractivity contribution is -0.141. The maximum atomic E-state index is 11.7. The number of aliphatic carboxylic acids is 1. The van der Waals surface area contributed by atoms with Crippen LogP contribution in [0.15, 0.2) is 0 Å². The molecule has 1 heterocycles. The third-order valence-corrected chi connectivity index (χ3v) is 4.22. The standard InChI is InChI=1S/C9H15NO6S/c1-2-16-8(11)6-17(14,15)10-4-3-7(5-10)9(12)13/h7H,2-6H2,1H3,(H,12,13). The Bertz CT molecular complexity index is 404. The monoisotopic (exact) mass is 265 g/mol. The molecule has 17 heavy (non-hydrogen) atoms. The van der Waals surface area contributed by atoms with Gasteiger partial charge in [-0.3, -0.25) is 9.59 Å². The topological polar surface area (TPSA) is 101 Å².